The van der Waals surface area contributed by atoms with Crippen LogP contribution in [0.1, 0.15) is 15.9 Å². The second-order valence-electron chi connectivity index (χ2n) is 5.68. The topological polar surface area (TPSA) is 71.1 Å². The number of carbonyl (C=O) groups is 2. The van der Waals surface area contributed by atoms with Gasteiger partial charge in [0.25, 0.3) is 5.91 Å². The number of carbonyl (C=O) groups excluding carboxylic acids is 2. The first-order valence-corrected chi connectivity index (χ1v) is 8.32. The summed E-state index contributed by atoms with van der Waals surface area (Å²) >= 11 is 0. The maximum absolute atomic E-state index is 12.3. The summed E-state index contributed by atoms with van der Waals surface area (Å²) in [6.07, 6.45) is 9.99. The van der Waals surface area contributed by atoms with E-state index in [1.807, 2.05) is 30.3 Å². The fourth-order valence-electron chi connectivity index (χ4n) is 2.62. The number of benzene rings is 2. The van der Waals surface area contributed by atoms with Crippen LogP contribution in [-0.4, -0.2) is 23.3 Å². The number of aromatic nitrogens is 1. The summed E-state index contributed by atoms with van der Waals surface area (Å²) in [6, 6.07) is 16.3. The van der Waals surface area contributed by atoms with E-state index in [0.717, 1.165) is 16.5 Å². The van der Waals surface area contributed by atoms with Gasteiger partial charge in [-0.25, -0.2) is 0 Å². The van der Waals surface area contributed by atoms with E-state index < -0.39 is 0 Å². The van der Waals surface area contributed by atoms with Crippen molar-refractivity contribution in [1.29, 1.82) is 0 Å². The molecule has 0 atom stereocenters. The maximum atomic E-state index is 12.3. The molecule has 0 fully saturated rings. The third-order valence-electron chi connectivity index (χ3n) is 3.86. The van der Waals surface area contributed by atoms with Gasteiger partial charge >= 0.3 is 0 Å². The normalized spacial score (nSPS) is 10.5. The lowest BCUT2D eigenvalue weighted by Gasteiger charge is -2.09. The van der Waals surface area contributed by atoms with E-state index in [1.165, 1.54) is 6.08 Å². The molecule has 5 heteroatoms. The average Bonchev–Trinajstić information content (AvgIpc) is 2.71. The molecule has 3 aromatic rings. The van der Waals surface area contributed by atoms with Crippen molar-refractivity contribution in [2.75, 3.05) is 11.9 Å². The van der Waals surface area contributed by atoms with Crippen molar-refractivity contribution in [3.05, 3.63) is 78.0 Å². The van der Waals surface area contributed by atoms with Gasteiger partial charge in [0.1, 0.15) is 0 Å². The molecule has 0 spiro atoms. The van der Waals surface area contributed by atoms with Crippen molar-refractivity contribution < 1.29 is 9.59 Å². The molecule has 2 aromatic carbocycles. The van der Waals surface area contributed by atoms with Crippen LogP contribution in [0.4, 0.5) is 5.69 Å². The second kappa shape index (κ2) is 8.45. The molecule has 2 amide bonds. The van der Waals surface area contributed by atoms with E-state index in [0.29, 0.717) is 11.3 Å². The monoisotopic (exact) mass is 355 g/mol. The van der Waals surface area contributed by atoms with Crippen molar-refractivity contribution in [3.63, 3.8) is 0 Å². The molecule has 2 N–H and O–H groups in total. The Kier molecular flexibility index (Phi) is 5.60. The molecule has 27 heavy (non-hydrogen) atoms. The lowest BCUT2D eigenvalue weighted by molar-refractivity contribution is -0.111. The molecule has 0 bridgehead atoms. The predicted octanol–water partition coefficient (Wildman–Crippen LogP) is 3.25. The summed E-state index contributed by atoms with van der Waals surface area (Å²) in [5.41, 5.74) is 2.42. The van der Waals surface area contributed by atoms with E-state index in [9.17, 15) is 9.59 Å². The van der Waals surface area contributed by atoms with Crippen molar-refractivity contribution in [1.82, 2.24) is 10.3 Å². The van der Waals surface area contributed by atoms with Crippen LogP contribution in [0.25, 0.3) is 17.0 Å². The lowest BCUT2D eigenvalue weighted by Crippen LogP contribution is -2.25. The highest BCUT2D eigenvalue weighted by atomic mass is 16.2. The molecule has 3 rings (SSSR count). The number of nitrogens with one attached hydrogen (secondary N) is 2. The summed E-state index contributed by atoms with van der Waals surface area (Å²) < 4.78 is 0. The number of pyridine rings is 1. The first kappa shape index (κ1) is 17.9. The Labute approximate surface area is 157 Å². The number of anilines is 1. The van der Waals surface area contributed by atoms with Gasteiger partial charge in [-0.1, -0.05) is 42.3 Å². The number of rotatable bonds is 5. The Balaban J connectivity index is 1.77. The van der Waals surface area contributed by atoms with Gasteiger partial charge in [-0.15, -0.1) is 6.42 Å². The first-order valence-electron chi connectivity index (χ1n) is 8.32. The molecule has 0 saturated heterocycles. The minimum atomic E-state index is -0.347. The van der Waals surface area contributed by atoms with E-state index >= 15 is 0 Å². The number of amides is 2. The third kappa shape index (κ3) is 4.39. The molecule has 1 heterocycles. The Morgan fingerprint density at radius 1 is 1.07 bits per heavy atom. The number of para-hydroxylation sites is 2. The molecule has 0 unspecified atom stereocenters. The molecular formula is C22H17N3O2. The van der Waals surface area contributed by atoms with Gasteiger partial charge in [0, 0.05) is 23.2 Å². The van der Waals surface area contributed by atoms with Crippen LogP contribution < -0.4 is 10.6 Å². The van der Waals surface area contributed by atoms with Gasteiger partial charge in [0.05, 0.1) is 23.3 Å². The van der Waals surface area contributed by atoms with Crippen LogP contribution >= 0.6 is 0 Å². The zero-order valence-corrected chi connectivity index (χ0v) is 14.5. The van der Waals surface area contributed by atoms with Gasteiger partial charge in [0.2, 0.25) is 5.91 Å². The molecule has 0 radical (unpaired) electrons. The van der Waals surface area contributed by atoms with Crippen LogP contribution in [0, 0.1) is 12.3 Å². The fraction of sp³-hybridized carbons (Fsp3) is 0.0455. The quantitative estimate of drug-likeness (QED) is 0.545. The number of nitrogens with zero attached hydrogens (tertiary/aromatic N) is 1. The first-order chi connectivity index (χ1) is 13.2. The highest BCUT2D eigenvalue weighted by Gasteiger charge is 2.11. The smallest absolute Gasteiger partial charge is 0.254 e. The second-order valence-corrected chi connectivity index (χ2v) is 5.68. The number of fused-ring (bicyclic) bond motifs is 1. The fourth-order valence-corrected chi connectivity index (χ4v) is 2.62. The van der Waals surface area contributed by atoms with Crippen LogP contribution in [0.3, 0.4) is 0 Å². The third-order valence-corrected chi connectivity index (χ3v) is 3.86. The van der Waals surface area contributed by atoms with Gasteiger partial charge in [0.15, 0.2) is 0 Å². The van der Waals surface area contributed by atoms with Crippen LogP contribution in [-0.2, 0) is 4.79 Å². The van der Waals surface area contributed by atoms with Gasteiger partial charge < -0.3 is 10.6 Å². The van der Waals surface area contributed by atoms with Gasteiger partial charge in [-0.05, 0) is 24.3 Å². The van der Waals surface area contributed by atoms with Crippen molar-refractivity contribution in [2.24, 2.45) is 0 Å². The average molecular weight is 355 g/mol. The Bertz CT molecular complexity index is 1060. The summed E-state index contributed by atoms with van der Waals surface area (Å²) in [5.74, 6) is 1.66. The molecule has 0 aliphatic rings. The Morgan fingerprint density at radius 2 is 1.89 bits per heavy atom. The molecule has 0 aliphatic heterocycles. The molecular weight excluding hydrogens is 338 g/mol. The molecule has 1 aromatic heterocycles. The maximum Gasteiger partial charge on any atom is 0.254 e. The van der Waals surface area contributed by atoms with Crippen molar-refractivity contribution in [2.45, 2.75) is 0 Å². The summed E-state index contributed by atoms with van der Waals surface area (Å²) in [5, 5.41) is 6.31. The van der Waals surface area contributed by atoms with Crippen LogP contribution in [0.5, 0.6) is 0 Å². The van der Waals surface area contributed by atoms with E-state index in [-0.39, 0.29) is 18.4 Å². The van der Waals surface area contributed by atoms with Crippen molar-refractivity contribution >= 4 is 34.5 Å². The zero-order chi connectivity index (χ0) is 19.1. The predicted molar refractivity (Wildman–Crippen MR) is 107 cm³/mol. The Hall–Kier alpha value is -3.91. The van der Waals surface area contributed by atoms with E-state index in [1.54, 1.807) is 36.5 Å². The lowest BCUT2D eigenvalue weighted by atomic mass is 10.1. The summed E-state index contributed by atoms with van der Waals surface area (Å²) in [4.78, 5) is 28.8. The van der Waals surface area contributed by atoms with Gasteiger partial charge in [-0.3, -0.25) is 14.6 Å². The molecule has 5 nitrogen and oxygen atoms in total. The number of hydrogen-bond acceptors (Lipinski definition) is 3. The summed E-state index contributed by atoms with van der Waals surface area (Å²) in [7, 11) is 0. The van der Waals surface area contributed by atoms with Crippen molar-refractivity contribution in [3.8, 4) is 12.3 Å². The minimum Gasteiger partial charge on any atom is -0.341 e. The SMILES string of the molecule is C#CCNC(=O)c1ccccc1NC(=O)/C=C/c1cccc2cccnc12. The van der Waals surface area contributed by atoms with Crippen LogP contribution in [0.2, 0.25) is 0 Å². The number of hydrogen-bond donors (Lipinski definition) is 2. The standard InChI is InChI=1S/C22H17N3O2/c1-2-14-24-22(27)18-10-3-4-11-19(18)25-20(26)13-12-17-8-5-7-16-9-6-15-23-21(16)17/h1,3-13,15H,14H2,(H,24,27)(H,25,26)/b13-12+. The highest BCUT2D eigenvalue weighted by Crippen LogP contribution is 2.18. The van der Waals surface area contributed by atoms with Gasteiger partial charge in [-0.2, -0.15) is 0 Å². The summed E-state index contributed by atoms with van der Waals surface area (Å²) in [6.45, 7) is 0.120. The molecule has 132 valence electrons. The number of terminal acetylenes is 1. The van der Waals surface area contributed by atoms with Crippen LogP contribution in [0.15, 0.2) is 66.9 Å². The minimum absolute atomic E-state index is 0.120. The molecule has 0 saturated carbocycles. The Morgan fingerprint density at radius 3 is 2.74 bits per heavy atom. The highest BCUT2D eigenvalue weighted by molar-refractivity contribution is 6.08. The largest absolute Gasteiger partial charge is 0.341 e. The van der Waals surface area contributed by atoms with E-state index in [4.69, 9.17) is 6.42 Å². The van der Waals surface area contributed by atoms with E-state index in [2.05, 4.69) is 21.5 Å². The molecule has 0 aliphatic carbocycles. The zero-order valence-electron chi connectivity index (χ0n) is 14.5.